The summed E-state index contributed by atoms with van der Waals surface area (Å²) in [5.74, 6) is -1.01. The molecule has 0 fully saturated rings. The lowest BCUT2D eigenvalue weighted by atomic mass is 10.1. The van der Waals surface area contributed by atoms with Crippen LogP contribution in [0.2, 0.25) is 0 Å². The zero-order valence-corrected chi connectivity index (χ0v) is 17.3. The number of carboxylic acid groups (broad SMARTS) is 1. The van der Waals surface area contributed by atoms with Gasteiger partial charge in [0.1, 0.15) is 5.75 Å². The van der Waals surface area contributed by atoms with E-state index in [9.17, 15) is 14.0 Å². The molecule has 3 rings (SSSR count). The number of para-hydroxylation sites is 1. The molecule has 0 aliphatic heterocycles. The number of benzene rings is 3. The number of carboxylic acids is 1. The largest absolute Gasteiger partial charge is 0.478 e. The predicted octanol–water partition coefficient (Wildman–Crippen LogP) is 5.76. The molecule has 0 aliphatic carbocycles. The molecule has 0 bridgehead atoms. The lowest BCUT2D eigenvalue weighted by Gasteiger charge is -2.23. The molecule has 5 nitrogen and oxygen atoms in total. The molecule has 0 spiro atoms. The van der Waals surface area contributed by atoms with E-state index < -0.39 is 11.8 Å². The first-order valence-corrected chi connectivity index (χ1v) is 10.1. The first-order valence-electron chi connectivity index (χ1n) is 10.1. The lowest BCUT2D eigenvalue weighted by molar-refractivity contribution is 0.0694. The van der Waals surface area contributed by atoms with Gasteiger partial charge in [-0.05, 0) is 60.5 Å². The van der Waals surface area contributed by atoms with Crippen LogP contribution in [0.1, 0.15) is 46.0 Å². The zero-order valence-electron chi connectivity index (χ0n) is 17.3. The Balaban J connectivity index is 1.73. The van der Waals surface area contributed by atoms with E-state index in [4.69, 9.17) is 9.84 Å². The van der Waals surface area contributed by atoms with E-state index in [0.717, 1.165) is 18.4 Å². The summed E-state index contributed by atoms with van der Waals surface area (Å²) in [6.45, 7) is 3.02. The molecule has 1 N–H and O–H groups in total. The second-order valence-corrected chi connectivity index (χ2v) is 7.14. The Labute approximate surface area is 180 Å². The fourth-order valence-electron chi connectivity index (χ4n) is 3.08. The molecule has 0 radical (unpaired) electrons. The van der Waals surface area contributed by atoms with Crippen molar-refractivity contribution in [3.05, 3.63) is 95.3 Å². The fourth-order valence-corrected chi connectivity index (χ4v) is 3.08. The summed E-state index contributed by atoms with van der Waals surface area (Å²) >= 11 is 0. The number of rotatable bonds is 9. The van der Waals surface area contributed by atoms with Crippen molar-refractivity contribution in [3.8, 4) is 11.5 Å². The summed E-state index contributed by atoms with van der Waals surface area (Å²) in [5.41, 5.74) is 1.56. The van der Waals surface area contributed by atoms with E-state index in [2.05, 4.69) is 6.92 Å². The number of hydrogen-bond acceptors (Lipinski definition) is 3. The number of ether oxygens (including phenoxy) is 1. The topological polar surface area (TPSA) is 66.8 Å². The van der Waals surface area contributed by atoms with Gasteiger partial charge in [-0.2, -0.15) is 0 Å². The van der Waals surface area contributed by atoms with Crippen LogP contribution in [-0.4, -0.2) is 28.4 Å². The Hall–Kier alpha value is -3.67. The van der Waals surface area contributed by atoms with Gasteiger partial charge in [-0.1, -0.05) is 37.6 Å². The molecule has 3 aromatic rings. The molecule has 0 saturated carbocycles. The van der Waals surface area contributed by atoms with Crippen molar-refractivity contribution in [2.24, 2.45) is 0 Å². The first-order chi connectivity index (χ1) is 15.0. The van der Waals surface area contributed by atoms with E-state index in [1.165, 1.54) is 24.3 Å². The Morgan fingerprint density at radius 1 is 0.935 bits per heavy atom. The van der Waals surface area contributed by atoms with Gasteiger partial charge in [0.05, 0.1) is 5.56 Å². The smallest absolute Gasteiger partial charge is 0.335 e. The van der Waals surface area contributed by atoms with Gasteiger partial charge in [-0.15, -0.1) is 0 Å². The standard InChI is InChI=1S/C25H24FNO4/c1-2-3-16-27(17-18-8-10-20(11-9-18)25(29)30)24(28)19-12-14-21(15-13-19)31-23-7-5-4-6-22(23)26/h4-15H,2-3,16-17H2,1H3,(H,29,30). The number of aromatic carboxylic acids is 1. The van der Waals surface area contributed by atoms with Crippen molar-refractivity contribution in [2.75, 3.05) is 6.54 Å². The number of amides is 1. The lowest BCUT2D eigenvalue weighted by Crippen LogP contribution is -2.31. The van der Waals surface area contributed by atoms with Crippen LogP contribution >= 0.6 is 0 Å². The van der Waals surface area contributed by atoms with Gasteiger partial charge < -0.3 is 14.7 Å². The number of carbonyl (C=O) groups excluding carboxylic acids is 1. The van der Waals surface area contributed by atoms with Gasteiger partial charge in [0.25, 0.3) is 5.91 Å². The highest BCUT2D eigenvalue weighted by Crippen LogP contribution is 2.24. The van der Waals surface area contributed by atoms with Crippen molar-refractivity contribution >= 4 is 11.9 Å². The predicted molar refractivity (Wildman–Crippen MR) is 116 cm³/mol. The van der Waals surface area contributed by atoms with Gasteiger partial charge >= 0.3 is 5.97 Å². The number of hydrogen-bond donors (Lipinski definition) is 1. The highest BCUT2D eigenvalue weighted by molar-refractivity contribution is 5.94. The average Bonchev–Trinajstić information content (AvgIpc) is 2.78. The zero-order chi connectivity index (χ0) is 22.2. The molecule has 0 saturated heterocycles. The van der Waals surface area contributed by atoms with Crippen molar-refractivity contribution in [3.63, 3.8) is 0 Å². The van der Waals surface area contributed by atoms with Gasteiger partial charge in [0.2, 0.25) is 0 Å². The third-order valence-electron chi connectivity index (χ3n) is 4.81. The van der Waals surface area contributed by atoms with Gasteiger partial charge in [0.15, 0.2) is 11.6 Å². The van der Waals surface area contributed by atoms with Crippen LogP contribution in [0, 0.1) is 5.82 Å². The highest BCUT2D eigenvalue weighted by atomic mass is 19.1. The van der Waals surface area contributed by atoms with Crippen LogP contribution in [0.3, 0.4) is 0 Å². The Bertz CT molecular complexity index is 1030. The second-order valence-electron chi connectivity index (χ2n) is 7.14. The summed E-state index contributed by atoms with van der Waals surface area (Å²) < 4.78 is 19.3. The molecule has 0 aliphatic rings. The minimum absolute atomic E-state index is 0.121. The molecule has 6 heteroatoms. The maximum atomic E-state index is 13.8. The number of unbranched alkanes of at least 4 members (excludes halogenated alkanes) is 1. The molecule has 31 heavy (non-hydrogen) atoms. The Kier molecular flexibility index (Phi) is 7.38. The minimum Gasteiger partial charge on any atom is -0.478 e. The second kappa shape index (κ2) is 10.4. The van der Waals surface area contributed by atoms with Crippen molar-refractivity contribution in [1.82, 2.24) is 4.90 Å². The Morgan fingerprint density at radius 3 is 2.19 bits per heavy atom. The molecule has 0 unspecified atom stereocenters. The van der Waals surface area contributed by atoms with Crippen molar-refractivity contribution < 1.29 is 23.8 Å². The SMILES string of the molecule is CCCCN(Cc1ccc(C(=O)O)cc1)C(=O)c1ccc(Oc2ccccc2F)cc1. The molecule has 1 amide bonds. The summed E-state index contributed by atoms with van der Waals surface area (Å²) in [7, 11) is 0. The average molecular weight is 421 g/mol. The fraction of sp³-hybridized carbons (Fsp3) is 0.200. The van der Waals surface area contributed by atoms with Crippen LogP contribution in [0.15, 0.2) is 72.8 Å². The number of carbonyl (C=O) groups is 2. The molecule has 0 atom stereocenters. The quantitative estimate of drug-likeness (QED) is 0.477. The summed E-state index contributed by atoms with van der Waals surface area (Å²) in [6.07, 6.45) is 1.80. The maximum Gasteiger partial charge on any atom is 0.335 e. The monoisotopic (exact) mass is 421 g/mol. The van der Waals surface area contributed by atoms with Crippen LogP contribution in [0.25, 0.3) is 0 Å². The molecule has 3 aromatic carbocycles. The van der Waals surface area contributed by atoms with E-state index >= 15 is 0 Å². The molecule has 160 valence electrons. The van der Waals surface area contributed by atoms with E-state index in [0.29, 0.717) is 24.4 Å². The highest BCUT2D eigenvalue weighted by Gasteiger charge is 2.16. The van der Waals surface area contributed by atoms with Crippen LogP contribution in [0.4, 0.5) is 4.39 Å². The maximum absolute atomic E-state index is 13.8. The van der Waals surface area contributed by atoms with Crippen molar-refractivity contribution in [1.29, 1.82) is 0 Å². The normalized spacial score (nSPS) is 10.5. The molecular formula is C25H24FNO4. The van der Waals surface area contributed by atoms with Crippen LogP contribution < -0.4 is 4.74 Å². The summed E-state index contributed by atoms with van der Waals surface area (Å²) in [6, 6.07) is 19.2. The van der Waals surface area contributed by atoms with Crippen LogP contribution in [-0.2, 0) is 6.54 Å². The van der Waals surface area contributed by atoms with E-state index in [-0.39, 0.29) is 17.2 Å². The first kappa shape index (κ1) is 22.0. The minimum atomic E-state index is -0.983. The number of halogens is 1. The molecule has 0 heterocycles. The summed E-state index contributed by atoms with van der Waals surface area (Å²) in [4.78, 5) is 25.9. The summed E-state index contributed by atoms with van der Waals surface area (Å²) in [5, 5.41) is 9.05. The third-order valence-corrected chi connectivity index (χ3v) is 4.81. The van der Waals surface area contributed by atoms with Crippen LogP contribution in [0.5, 0.6) is 11.5 Å². The van der Waals surface area contributed by atoms with E-state index in [1.807, 2.05) is 0 Å². The van der Waals surface area contributed by atoms with Gasteiger partial charge in [0, 0.05) is 18.7 Å². The Morgan fingerprint density at radius 2 is 1.58 bits per heavy atom. The van der Waals surface area contributed by atoms with Gasteiger partial charge in [-0.3, -0.25) is 4.79 Å². The molecular weight excluding hydrogens is 397 g/mol. The molecule has 0 aromatic heterocycles. The van der Waals surface area contributed by atoms with Crippen molar-refractivity contribution in [2.45, 2.75) is 26.3 Å². The third kappa shape index (κ3) is 5.92. The van der Waals surface area contributed by atoms with E-state index in [1.54, 1.807) is 53.4 Å². The number of nitrogens with zero attached hydrogens (tertiary/aromatic N) is 1. The van der Waals surface area contributed by atoms with Gasteiger partial charge in [-0.25, -0.2) is 9.18 Å².